The lowest BCUT2D eigenvalue weighted by Gasteiger charge is -2.17. The first-order valence-electron chi connectivity index (χ1n) is 7.07. The van der Waals surface area contributed by atoms with E-state index in [2.05, 4.69) is 4.72 Å². The molecule has 1 atom stereocenters. The Morgan fingerprint density at radius 2 is 1.68 bits per heavy atom. The molecule has 0 aromatic heterocycles. The minimum Gasteiger partial charge on any atom is -0.207 e. The van der Waals surface area contributed by atoms with Crippen molar-refractivity contribution in [3.05, 3.63) is 59.2 Å². The maximum absolute atomic E-state index is 12.5. The Balaban J connectivity index is 2.25. The lowest BCUT2D eigenvalue weighted by molar-refractivity contribution is 0.566. The number of hydrogen-bond donors (Lipinski definition) is 1. The lowest BCUT2D eigenvalue weighted by atomic mass is 10.0. The summed E-state index contributed by atoms with van der Waals surface area (Å²) >= 11 is 1.59. The van der Waals surface area contributed by atoms with Gasteiger partial charge < -0.3 is 0 Å². The van der Waals surface area contributed by atoms with Gasteiger partial charge in [0, 0.05) is 10.9 Å². The van der Waals surface area contributed by atoms with Crippen LogP contribution in [0.15, 0.2) is 52.3 Å². The summed E-state index contributed by atoms with van der Waals surface area (Å²) in [6, 6.07) is 12.7. The highest BCUT2D eigenvalue weighted by atomic mass is 32.2. The molecule has 0 spiro atoms. The average molecular weight is 335 g/mol. The highest BCUT2D eigenvalue weighted by Crippen LogP contribution is 2.22. The van der Waals surface area contributed by atoms with Crippen molar-refractivity contribution in [3.63, 3.8) is 0 Å². The molecule has 0 saturated heterocycles. The largest absolute Gasteiger partial charge is 0.241 e. The molecular formula is C17H21NO2S2. The number of rotatable bonds is 5. The molecule has 22 heavy (non-hydrogen) atoms. The van der Waals surface area contributed by atoms with Crippen molar-refractivity contribution in [2.45, 2.75) is 36.6 Å². The molecule has 0 radical (unpaired) electrons. The maximum Gasteiger partial charge on any atom is 0.241 e. The van der Waals surface area contributed by atoms with Crippen LogP contribution in [-0.2, 0) is 10.0 Å². The molecule has 0 bridgehead atoms. The van der Waals surface area contributed by atoms with E-state index in [1.807, 2.05) is 57.4 Å². The van der Waals surface area contributed by atoms with Gasteiger partial charge in [-0.3, -0.25) is 0 Å². The third kappa shape index (κ3) is 3.91. The molecule has 2 aromatic rings. The van der Waals surface area contributed by atoms with Crippen LogP contribution in [0.2, 0.25) is 0 Å². The minimum absolute atomic E-state index is 0.273. The molecule has 2 rings (SSSR count). The first-order valence-corrected chi connectivity index (χ1v) is 9.78. The van der Waals surface area contributed by atoms with Crippen molar-refractivity contribution in [3.8, 4) is 0 Å². The second-order valence-corrected chi connectivity index (χ2v) is 7.97. The summed E-state index contributed by atoms with van der Waals surface area (Å²) in [5, 5.41) is 0. The van der Waals surface area contributed by atoms with E-state index in [1.165, 1.54) is 0 Å². The van der Waals surface area contributed by atoms with Gasteiger partial charge in [-0.2, -0.15) is 0 Å². The van der Waals surface area contributed by atoms with Gasteiger partial charge in [-0.05, 0) is 62.4 Å². The summed E-state index contributed by atoms with van der Waals surface area (Å²) < 4.78 is 27.7. The van der Waals surface area contributed by atoms with Gasteiger partial charge in [0.05, 0.1) is 4.90 Å². The maximum atomic E-state index is 12.5. The predicted octanol–water partition coefficient (Wildman–Crippen LogP) is 4.06. The van der Waals surface area contributed by atoms with E-state index in [0.717, 1.165) is 21.6 Å². The Morgan fingerprint density at radius 1 is 1.05 bits per heavy atom. The lowest BCUT2D eigenvalue weighted by Crippen LogP contribution is -2.27. The Morgan fingerprint density at radius 3 is 2.27 bits per heavy atom. The first kappa shape index (κ1) is 17.1. The standard InChI is InChI=1S/C17H21NO2S2/c1-12-5-6-13(2)17(11-12)14(3)18-22(19,20)16-9-7-15(21-4)8-10-16/h5-11,14,18H,1-4H3. The molecule has 118 valence electrons. The molecule has 1 unspecified atom stereocenters. The van der Waals surface area contributed by atoms with Crippen LogP contribution in [0.4, 0.5) is 0 Å². The van der Waals surface area contributed by atoms with Crippen LogP contribution < -0.4 is 4.72 Å². The highest BCUT2D eigenvalue weighted by molar-refractivity contribution is 7.98. The Hall–Kier alpha value is -1.30. The second kappa shape index (κ2) is 6.86. The Kier molecular flexibility index (Phi) is 5.32. The first-order chi connectivity index (χ1) is 10.3. The summed E-state index contributed by atoms with van der Waals surface area (Å²) in [6.07, 6.45) is 1.96. The van der Waals surface area contributed by atoms with Crippen molar-refractivity contribution in [1.29, 1.82) is 0 Å². The number of nitrogens with one attached hydrogen (secondary N) is 1. The Bertz CT molecular complexity index is 753. The smallest absolute Gasteiger partial charge is 0.207 e. The Labute approximate surface area is 137 Å². The fourth-order valence-corrected chi connectivity index (χ4v) is 3.98. The van der Waals surface area contributed by atoms with E-state index >= 15 is 0 Å². The van der Waals surface area contributed by atoms with Gasteiger partial charge in [0.1, 0.15) is 0 Å². The van der Waals surface area contributed by atoms with Crippen molar-refractivity contribution < 1.29 is 8.42 Å². The number of sulfonamides is 1. The van der Waals surface area contributed by atoms with E-state index in [1.54, 1.807) is 23.9 Å². The molecule has 0 aliphatic rings. The number of aryl methyl sites for hydroxylation is 2. The second-order valence-electron chi connectivity index (χ2n) is 5.38. The van der Waals surface area contributed by atoms with Crippen LogP contribution in [0.1, 0.15) is 29.7 Å². The molecule has 0 aliphatic carbocycles. The van der Waals surface area contributed by atoms with Crippen LogP contribution in [-0.4, -0.2) is 14.7 Å². The van der Waals surface area contributed by atoms with Crippen LogP contribution in [0, 0.1) is 13.8 Å². The van der Waals surface area contributed by atoms with E-state index in [-0.39, 0.29) is 6.04 Å². The molecular weight excluding hydrogens is 314 g/mol. The predicted molar refractivity (Wildman–Crippen MR) is 92.9 cm³/mol. The fourth-order valence-electron chi connectivity index (χ4n) is 2.35. The third-order valence-corrected chi connectivity index (χ3v) is 5.90. The average Bonchev–Trinajstić information content (AvgIpc) is 2.49. The zero-order valence-electron chi connectivity index (χ0n) is 13.3. The number of hydrogen-bond acceptors (Lipinski definition) is 3. The zero-order chi connectivity index (χ0) is 16.3. The van der Waals surface area contributed by atoms with E-state index in [4.69, 9.17) is 0 Å². The van der Waals surface area contributed by atoms with Crippen LogP contribution in [0.5, 0.6) is 0 Å². The number of thioether (sulfide) groups is 1. The molecule has 0 saturated carbocycles. The normalized spacial score (nSPS) is 13.1. The molecule has 1 N–H and O–H groups in total. The van der Waals surface area contributed by atoms with Crippen LogP contribution >= 0.6 is 11.8 Å². The zero-order valence-corrected chi connectivity index (χ0v) is 14.9. The van der Waals surface area contributed by atoms with E-state index in [0.29, 0.717) is 4.90 Å². The molecule has 0 aliphatic heterocycles. The van der Waals surface area contributed by atoms with Crippen LogP contribution in [0.3, 0.4) is 0 Å². The van der Waals surface area contributed by atoms with Crippen molar-refractivity contribution in [1.82, 2.24) is 4.72 Å². The summed E-state index contributed by atoms with van der Waals surface area (Å²) in [7, 11) is -3.52. The SMILES string of the molecule is CSc1ccc(S(=O)(=O)NC(C)c2cc(C)ccc2C)cc1. The van der Waals surface area contributed by atoms with Gasteiger partial charge in [0.25, 0.3) is 0 Å². The van der Waals surface area contributed by atoms with Crippen LogP contribution in [0.25, 0.3) is 0 Å². The van der Waals surface area contributed by atoms with Crippen molar-refractivity contribution in [2.24, 2.45) is 0 Å². The topological polar surface area (TPSA) is 46.2 Å². The van der Waals surface area contributed by atoms with Gasteiger partial charge in [0.15, 0.2) is 0 Å². The summed E-state index contributed by atoms with van der Waals surface area (Å²) in [5.74, 6) is 0. The van der Waals surface area contributed by atoms with Gasteiger partial charge in [-0.15, -0.1) is 11.8 Å². The van der Waals surface area contributed by atoms with Gasteiger partial charge in [0.2, 0.25) is 10.0 Å². The molecule has 2 aromatic carbocycles. The fraction of sp³-hybridized carbons (Fsp3) is 0.294. The van der Waals surface area contributed by atoms with Crippen molar-refractivity contribution in [2.75, 3.05) is 6.26 Å². The molecule has 0 fully saturated rings. The van der Waals surface area contributed by atoms with Gasteiger partial charge >= 0.3 is 0 Å². The third-order valence-electron chi connectivity index (χ3n) is 3.60. The monoisotopic (exact) mass is 335 g/mol. The molecule has 0 heterocycles. The minimum atomic E-state index is -3.52. The summed E-state index contributed by atoms with van der Waals surface area (Å²) in [6.45, 7) is 5.87. The van der Waals surface area contributed by atoms with Gasteiger partial charge in [-0.1, -0.05) is 23.8 Å². The molecule has 0 amide bonds. The quantitative estimate of drug-likeness (QED) is 0.838. The van der Waals surface area contributed by atoms with Crippen molar-refractivity contribution >= 4 is 21.8 Å². The highest BCUT2D eigenvalue weighted by Gasteiger charge is 2.19. The number of benzene rings is 2. The van der Waals surface area contributed by atoms with Gasteiger partial charge in [-0.25, -0.2) is 13.1 Å². The van der Waals surface area contributed by atoms with E-state index in [9.17, 15) is 8.42 Å². The summed E-state index contributed by atoms with van der Waals surface area (Å²) in [4.78, 5) is 1.34. The van der Waals surface area contributed by atoms with E-state index < -0.39 is 10.0 Å². The summed E-state index contributed by atoms with van der Waals surface area (Å²) in [5.41, 5.74) is 3.21. The molecule has 5 heteroatoms. The molecule has 3 nitrogen and oxygen atoms in total.